The van der Waals surface area contributed by atoms with E-state index in [0.29, 0.717) is 16.1 Å². The van der Waals surface area contributed by atoms with Gasteiger partial charge in [-0.15, -0.1) is 0 Å². The van der Waals surface area contributed by atoms with Gasteiger partial charge in [0.2, 0.25) is 0 Å². The van der Waals surface area contributed by atoms with Gasteiger partial charge < -0.3 is 10.0 Å². The smallest absolute Gasteiger partial charge is 0.335 e. The maximum atomic E-state index is 11.1. The van der Waals surface area contributed by atoms with Gasteiger partial charge in [0.15, 0.2) is 0 Å². The average molecular weight is 266 g/mol. The Bertz CT molecular complexity index is 454. The zero-order valence-corrected chi connectivity index (χ0v) is 11.7. The molecule has 0 aliphatic carbocycles. The summed E-state index contributed by atoms with van der Waals surface area (Å²) in [6.45, 7) is 8.07. The largest absolute Gasteiger partial charge is 0.478 e. The van der Waals surface area contributed by atoms with E-state index in [1.54, 1.807) is 12.1 Å². The minimum absolute atomic E-state index is 0.316. The van der Waals surface area contributed by atoms with Crippen molar-refractivity contribution in [3.05, 3.63) is 23.4 Å². The summed E-state index contributed by atoms with van der Waals surface area (Å²) in [5.41, 5.74) is 1.07. The van der Waals surface area contributed by atoms with Crippen LogP contribution in [0.5, 0.6) is 0 Å². The van der Waals surface area contributed by atoms with Crippen LogP contribution in [-0.2, 0) is 0 Å². The van der Waals surface area contributed by atoms with Gasteiger partial charge in [-0.2, -0.15) is 11.8 Å². The molecule has 0 saturated carbocycles. The Morgan fingerprint density at radius 1 is 1.39 bits per heavy atom. The van der Waals surface area contributed by atoms with Crippen LogP contribution >= 0.6 is 11.8 Å². The molecule has 2 unspecified atom stereocenters. The van der Waals surface area contributed by atoms with E-state index in [1.165, 1.54) is 0 Å². The molecule has 1 saturated heterocycles. The number of aryl methyl sites for hydroxylation is 1. The fraction of sp³-hybridized carbons (Fsp3) is 0.538. The number of anilines is 1. The summed E-state index contributed by atoms with van der Waals surface area (Å²) < 4.78 is 0. The van der Waals surface area contributed by atoms with Gasteiger partial charge in [-0.3, -0.25) is 0 Å². The lowest BCUT2D eigenvalue weighted by atomic mass is 10.2. The van der Waals surface area contributed by atoms with Crippen molar-refractivity contribution < 1.29 is 9.90 Å². The number of hydrogen-bond donors (Lipinski definition) is 1. The Hall–Kier alpha value is -1.23. The summed E-state index contributed by atoms with van der Waals surface area (Å²) in [4.78, 5) is 17.7. The van der Waals surface area contributed by atoms with E-state index in [-0.39, 0.29) is 0 Å². The number of carbonyl (C=O) groups is 1. The first-order valence-corrected chi connectivity index (χ1v) is 7.02. The number of pyridine rings is 1. The summed E-state index contributed by atoms with van der Waals surface area (Å²) in [5, 5.41) is 10.2. The van der Waals surface area contributed by atoms with E-state index in [1.807, 2.05) is 18.7 Å². The Kier molecular flexibility index (Phi) is 3.80. The van der Waals surface area contributed by atoms with Crippen molar-refractivity contribution in [1.29, 1.82) is 0 Å². The molecule has 1 fully saturated rings. The molecule has 4 nitrogen and oxygen atoms in total. The van der Waals surface area contributed by atoms with E-state index in [9.17, 15) is 4.79 Å². The molecular weight excluding hydrogens is 248 g/mol. The van der Waals surface area contributed by atoms with Crippen molar-refractivity contribution in [2.75, 3.05) is 18.0 Å². The van der Waals surface area contributed by atoms with Crippen LogP contribution in [0.1, 0.15) is 29.9 Å². The minimum Gasteiger partial charge on any atom is -0.478 e. The Morgan fingerprint density at radius 2 is 2.00 bits per heavy atom. The maximum Gasteiger partial charge on any atom is 0.335 e. The molecule has 2 rings (SSSR count). The van der Waals surface area contributed by atoms with Crippen molar-refractivity contribution in [3.63, 3.8) is 0 Å². The molecule has 0 amide bonds. The van der Waals surface area contributed by atoms with Crippen molar-refractivity contribution in [3.8, 4) is 0 Å². The molecule has 2 atom stereocenters. The number of hydrogen-bond acceptors (Lipinski definition) is 4. The van der Waals surface area contributed by atoms with Crippen molar-refractivity contribution >= 4 is 23.5 Å². The first-order chi connectivity index (χ1) is 8.45. The zero-order valence-electron chi connectivity index (χ0n) is 10.9. The Balaban J connectivity index is 2.29. The molecule has 0 aromatic carbocycles. The highest BCUT2D eigenvalue weighted by Crippen LogP contribution is 2.28. The molecule has 2 heterocycles. The molecule has 1 aliphatic rings. The second-order valence-corrected chi connectivity index (χ2v) is 6.70. The minimum atomic E-state index is -0.894. The number of carboxylic acids is 1. The van der Waals surface area contributed by atoms with Gasteiger partial charge in [-0.25, -0.2) is 9.78 Å². The topological polar surface area (TPSA) is 53.4 Å². The van der Waals surface area contributed by atoms with Crippen LogP contribution in [0.3, 0.4) is 0 Å². The molecule has 0 bridgehead atoms. The highest BCUT2D eigenvalue weighted by atomic mass is 32.2. The number of thioether (sulfide) groups is 1. The number of aromatic nitrogens is 1. The third kappa shape index (κ3) is 2.96. The fourth-order valence-electron chi connectivity index (χ4n) is 2.30. The van der Waals surface area contributed by atoms with E-state index < -0.39 is 5.97 Å². The number of aromatic carboxylic acids is 1. The fourth-order valence-corrected chi connectivity index (χ4v) is 3.63. The van der Waals surface area contributed by atoms with Gasteiger partial charge in [-0.1, -0.05) is 13.8 Å². The highest BCUT2D eigenvalue weighted by molar-refractivity contribution is 8.00. The highest BCUT2D eigenvalue weighted by Gasteiger charge is 2.24. The van der Waals surface area contributed by atoms with Crippen LogP contribution in [-0.4, -0.2) is 39.6 Å². The maximum absolute atomic E-state index is 11.1. The predicted molar refractivity (Wildman–Crippen MR) is 74.7 cm³/mol. The van der Waals surface area contributed by atoms with Crippen LogP contribution in [0.4, 0.5) is 5.82 Å². The summed E-state index contributed by atoms with van der Waals surface area (Å²) in [6.07, 6.45) is 0. The van der Waals surface area contributed by atoms with Gasteiger partial charge in [0.25, 0.3) is 0 Å². The average Bonchev–Trinajstić information content (AvgIpc) is 2.26. The quantitative estimate of drug-likeness (QED) is 0.891. The Labute approximate surface area is 111 Å². The third-order valence-electron chi connectivity index (χ3n) is 2.93. The van der Waals surface area contributed by atoms with Crippen LogP contribution in [0.2, 0.25) is 0 Å². The van der Waals surface area contributed by atoms with Gasteiger partial charge >= 0.3 is 5.97 Å². The molecule has 0 spiro atoms. The second-order valence-electron chi connectivity index (χ2n) is 4.82. The Morgan fingerprint density at radius 3 is 2.56 bits per heavy atom. The summed E-state index contributed by atoms with van der Waals surface area (Å²) in [5.74, 6) is -0.111. The van der Waals surface area contributed by atoms with Crippen LogP contribution in [0.25, 0.3) is 0 Å². The lowest BCUT2D eigenvalue weighted by Gasteiger charge is -2.35. The van der Waals surface area contributed by atoms with E-state index in [4.69, 9.17) is 5.11 Å². The summed E-state index contributed by atoms with van der Waals surface area (Å²) >= 11 is 1.97. The predicted octanol–water partition coefficient (Wildman–Crippen LogP) is 2.42. The molecule has 1 aliphatic heterocycles. The lowest BCUT2D eigenvalue weighted by molar-refractivity contribution is 0.0696. The molecular formula is C13H18N2O2S. The van der Waals surface area contributed by atoms with Gasteiger partial charge in [0.1, 0.15) is 5.82 Å². The molecule has 5 heteroatoms. The SMILES string of the molecule is Cc1cc(C(=O)O)cc(N2CC(C)SC(C)C2)n1. The molecule has 0 radical (unpaired) electrons. The lowest BCUT2D eigenvalue weighted by Crippen LogP contribution is -2.41. The van der Waals surface area contributed by atoms with Crippen LogP contribution < -0.4 is 4.90 Å². The van der Waals surface area contributed by atoms with Crippen LogP contribution in [0.15, 0.2) is 12.1 Å². The van der Waals surface area contributed by atoms with Gasteiger partial charge in [0, 0.05) is 29.3 Å². The zero-order chi connectivity index (χ0) is 13.3. The van der Waals surface area contributed by atoms with Crippen LogP contribution in [0, 0.1) is 6.92 Å². The van der Waals surface area contributed by atoms with Crippen molar-refractivity contribution in [2.45, 2.75) is 31.3 Å². The number of rotatable bonds is 2. The molecule has 1 aromatic rings. The van der Waals surface area contributed by atoms with Crippen molar-refractivity contribution in [1.82, 2.24) is 4.98 Å². The summed E-state index contributed by atoms with van der Waals surface area (Å²) in [6, 6.07) is 3.28. The molecule has 1 aromatic heterocycles. The van der Waals surface area contributed by atoms with E-state index in [2.05, 4.69) is 23.7 Å². The van der Waals surface area contributed by atoms with E-state index in [0.717, 1.165) is 24.6 Å². The van der Waals surface area contributed by atoms with Crippen molar-refractivity contribution in [2.24, 2.45) is 0 Å². The molecule has 18 heavy (non-hydrogen) atoms. The number of carboxylic acid groups (broad SMARTS) is 1. The first-order valence-electron chi connectivity index (χ1n) is 6.08. The second kappa shape index (κ2) is 5.18. The molecule has 1 N–H and O–H groups in total. The van der Waals surface area contributed by atoms with Gasteiger partial charge in [0.05, 0.1) is 5.56 Å². The van der Waals surface area contributed by atoms with E-state index >= 15 is 0 Å². The number of nitrogens with zero attached hydrogens (tertiary/aromatic N) is 2. The monoisotopic (exact) mass is 266 g/mol. The standard InChI is InChI=1S/C13H18N2O2S/c1-8-4-11(13(16)17)5-12(14-8)15-6-9(2)18-10(3)7-15/h4-5,9-10H,6-7H2,1-3H3,(H,16,17). The normalized spacial score (nSPS) is 24.1. The molecule has 98 valence electrons. The first kappa shape index (κ1) is 13.2. The third-order valence-corrected chi connectivity index (χ3v) is 4.16. The summed E-state index contributed by atoms with van der Waals surface area (Å²) in [7, 11) is 0. The van der Waals surface area contributed by atoms with Gasteiger partial charge in [-0.05, 0) is 19.1 Å².